The SMILES string of the molecule is Cn1c(=O)cc(O)c2c(=O)n(C3CC3)c(=O)n(-c3cccc(N(O)O)c3)c21. The molecule has 1 aliphatic rings. The van der Waals surface area contributed by atoms with Gasteiger partial charge in [0, 0.05) is 19.2 Å². The first-order chi connectivity index (χ1) is 12.8. The Labute approximate surface area is 150 Å². The lowest BCUT2D eigenvalue weighted by molar-refractivity contribution is 0.0291. The van der Waals surface area contributed by atoms with Gasteiger partial charge in [-0.15, -0.1) is 5.23 Å². The summed E-state index contributed by atoms with van der Waals surface area (Å²) in [5.74, 6) is -0.511. The largest absolute Gasteiger partial charge is 0.507 e. The summed E-state index contributed by atoms with van der Waals surface area (Å²) >= 11 is 0. The Bertz CT molecular complexity index is 1250. The number of nitrogens with zero attached hydrogens (tertiary/aromatic N) is 4. The molecule has 3 aromatic rings. The lowest BCUT2D eigenvalue weighted by atomic mass is 10.2. The van der Waals surface area contributed by atoms with E-state index in [4.69, 9.17) is 0 Å². The molecule has 27 heavy (non-hydrogen) atoms. The average molecular weight is 372 g/mol. The number of benzene rings is 1. The summed E-state index contributed by atoms with van der Waals surface area (Å²) in [6, 6.07) is 6.35. The van der Waals surface area contributed by atoms with Crippen LogP contribution in [0.2, 0.25) is 0 Å². The van der Waals surface area contributed by atoms with E-state index in [2.05, 4.69) is 0 Å². The van der Waals surface area contributed by atoms with Crippen LogP contribution in [0.4, 0.5) is 5.69 Å². The van der Waals surface area contributed by atoms with Crippen LogP contribution in [0.15, 0.2) is 44.7 Å². The van der Waals surface area contributed by atoms with Gasteiger partial charge in [0.25, 0.3) is 11.1 Å². The fourth-order valence-corrected chi connectivity index (χ4v) is 3.19. The maximum atomic E-state index is 13.1. The van der Waals surface area contributed by atoms with Crippen LogP contribution in [0.5, 0.6) is 5.75 Å². The summed E-state index contributed by atoms with van der Waals surface area (Å²) < 4.78 is 3.27. The second-order valence-corrected chi connectivity index (χ2v) is 6.46. The van der Waals surface area contributed by atoms with Gasteiger partial charge >= 0.3 is 5.69 Å². The van der Waals surface area contributed by atoms with Gasteiger partial charge in [0.05, 0.1) is 11.4 Å². The molecule has 10 heteroatoms. The Morgan fingerprint density at radius 3 is 2.44 bits per heavy atom. The van der Waals surface area contributed by atoms with E-state index in [0.717, 1.165) is 19.8 Å². The van der Waals surface area contributed by atoms with Crippen molar-refractivity contribution in [3.8, 4) is 11.4 Å². The standard InChI is InChI=1S/C17H16N4O6/c1-18-13(23)8-12(22)14-15(18)19(10-3-2-4-11(7-10)21(26)27)17(25)20(16(14)24)9-5-6-9/h2-4,7-9,22,26-27H,5-6H2,1H3. The predicted octanol–water partition coefficient (Wildman–Crippen LogP) is 0.476. The Morgan fingerprint density at radius 2 is 1.81 bits per heavy atom. The van der Waals surface area contributed by atoms with Crippen LogP contribution in [0.3, 0.4) is 0 Å². The molecule has 2 aromatic heterocycles. The molecule has 2 heterocycles. The minimum Gasteiger partial charge on any atom is -0.507 e. The number of aromatic nitrogens is 3. The summed E-state index contributed by atoms with van der Waals surface area (Å²) in [6.07, 6.45) is 1.32. The van der Waals surface area contributed by atoms with Crippen LogP contribution < -0.4 is 22.0 Å². The molecule has 4 rings (SSSR count). The number of hydrogen-bond acceptors (Lipinski definition) is 7. The molecule has 0 aliphatic heterocycles. The summed E-state index contributed by atoms with van der Waals surface area (Å²) in [4.78, 5) is 38.1. The minimum atomic E-state index is -0.671. The normalized spacial score (nSPS) is 13.9. The van der Waals surface area contributed by atoms with Gasteiger partial charge in [0.1, 0.15) is 16.8 Å². The number of aryl methyl sites for hydroxylation is 1. The molecule has 3 N–H and O–H groups in total. The van der Waals surface area contributed by atoms with Crippen molar-refractivity contribution in [2.75, 3.05) is 5.23 Å². The first kappa shape index (κ1) is 17.1. The van der Waals surface area contributed by atoms with Crippen molar-refractivity contribution in [3.05, 3.63) is 61.5 Å². The van der Waals surface area contributed by atoms with E-state index in [1.54, 1.807) is 0 Å². The zero-order chi connectivity index (χ0) is 19.5. The number of hydrogen-bond donors (Lipinski definition) is 3. The quantitative estimate of drug-likeness (QED) is 0.570. The van der Waals surface area contributed by atoms with Crippen molar-refractivity contribution in [2.24, 2.45) is 7.05 Å². The molecule has 0 unspecified atom stereocenters. The van der Waals surface area contributed by atoms with Gasteiger partial charge in [-0.25, -0.2) is 9.36 Å². The van der Waals surface area contributed by atoms with Gasteiger partial charge < -0.3 is 5.11 Å². The summed E-state index contributed by atoms with van der Waals surface area (Å²) in [6.45, 7) is 0. The molecule has 0 atom stereocenters. The van der Waals surface area contributed by atoms with Gasteiger partial charge in [-0.05, 0) is 31.0 Å². The first-order valence-corrected chi connectivity index (χ1v) is 8.20. The number of anilines is 1. The van der Waals surface area contributed by atoms with E-state index in [0.29, 0.717) is 12.8 Å². The van der Waals surface area contributed by atoms with Gasteiger partial charge in [-0.3, -0.25) is 29.1 Å². The fraction of sp³-hybridized carbons (Fsp3) is 0.235. The first-order valence-electron chi connectivity index (χ1n) is 8.20. The third-order valence-electron chi connectivity index (χ3n) is 4.66. The van der Waals surface area contributed by atoms with E-state index in [1.807, 2.05) is 0 Å². The maximum Gasteiger partial charge on any atom is 0.337 e. The molecule has 0 amide bonds. The average Bonchev–Trinajstić information content (AvgIpc) is 3.44. The molecule has 0 saturated heterocycles. The third-order valence-corrected chi connectivity index (χ3v) is 4.66. The number of pyridine rings is 1. The van der Waals surface area contributed by atoms with Crippen LogP contribution in [-0.2, 0) is 7.05 Å². The zero-order valence-corrected chi connectivity index (χ0v) is 14.2. The molecular formula is C17H16N4O6. The van der Waals surface area contributed by atoms with E-state index in [9.17, 15) is 29.9 Å². The van der Waals surface area contributed by atoms with E-state index in [1.165, 1.54) is 31.3 Å². The Balaban J connectivity index is 2.23. The van der Waals surface area contributed by atoms with Crippen molar-refractivity contribution < 1.29 is 15.5 Å². The number of rotatable bonds is 3. The Morgan fingerprint density at radius 1 is 1.11 bits per heavy atom. The molecule has 0 bridgehead atoms. The Kier molecular flexibility index (Phi) is 3.68. The molecule has 0 radical (unpaired) electrons. The highest BCUT2D eigenvalue weighted by molar-refractivity contribution is 5.82. The van der Waals surface area contributed by atoms with Gasteiger partial charge in [-0.1, -0.05) is 6.07 Å². The molecule has 1 aliphatic carbocycles. The van der Waals surface area contributed by atoms with Crippen molar-refractivity contribution in [3.63, 3.8) is 0 Å². The molecule has 140 valence electrons. The zero-order valence-electron chi connectivity index (χ0n) is 14.2. The lowest BCUT2D eigenvalue weighted by Crippen LogP contribution is -2.41. The Hall–Kier alpha value is -3.37. The second kappa shape index (κ2) is 5.83. The topological polar surface area (TPSA) is 130 Å². The van der Waals surface area contributed by atoms with Crippen LogP contribution in [0, 0.1) is 0 Å². The third kappa shape index (κ3) is 2.54. The molecule has 0 spiro atoms. The highest BCUT2D eigenvalue weighted by Crippen LogP contribution is 2.33. The predicted molar refractivity (Wildman–Crippen MR) is 95.0 cm³/mol. The van der Waals surface area contributed by atoms with Crippen LogP contribution in [0.1, 0.15) is 18.9 Å². The second-order valence-electron chi connectivity index (χ2n) is 6.46. The number of aromatic hydroxyl groups is 1. The summed E-state index contributed by atoms with van der Waals surface area (Å²) in [5, 5.41) is 28.5. The van der Waals surface area contributed by atoms with E-state index < -0.39 is 22.6 Å². The van der Waals surface area contributed by atoms with E-state index in [-0.39, 0.29) is 33.7 Å². The van der Waals surface area contributed by atoms with E-state index >= 15 is 0 Å². The monoisotopic (exact) mass is 372 g/mol. The molecule has 10 nitrogen and oxygen atoms in total. The molecule has 1 aromatic carbocycles. The summed E-state index contributed by atoms with van der Waals surface area (Å²) in [7, 11) is 1.38. The highest BCUT2D eigenvalue weighted by atomic mass is 16.8. The van der Waals surface area contributed by atoms with Crippen LogP contribution in [0.25, 0.3) is 16.7 Å². The van der Waals surface area contributed by atoms with Crippen molar-refractivity contribution in [2.45, 2.75) is 18.9 Å². The van der Waals surface area contributed by atoms with Crippen LogP contribution >= 0.6 is 0 Å². The van der Waals surface area contributed by atoms with Gasteiger partial charge in [0.2, 0.25) is 0 Å². The van der Waals surface area contributed by atoms with Crippen molar-refractivity contribution >= 4 is 16.7 Å². The molecule has 1 fully saturated rings. The van der Waals surface area contributed by atoms with Crippen molar-refractivity contribution in [1.82, 2.24) is 13.7 Å². The highest BCUT2D eigenvalue weighted by Gasteiger charge is 2.30. The smallest absolute Gasteiger partial charge is 0.337 e. The maximum absolute atomic E-state index is 13.1. The molecular weight excluding hydrogens is 356 g/mol. The minimum absolute atomic E-state index is 0.0260. The fourth-order valence-electron chi connectivity index (χ4n) is 3.19. The van der Waals surface area contributed by atoms with Gasteiger partial charge in [0.15, 0.2) is 0 Å². The van der Waals surface area contributed by atoms with Crippen molar-refractivity contribution in [1.29, 1.82) is 0 Å². The van der Waals surface area contributed by atoms with Crippen LogP contribution in [-0.4, -0.2) is 29.2 Å². The summed E-state index contributed by atoms with van der Waals surface area (Å²) in [5.41, 5.74) is -1.84. The number of fused-ring (bicyclic) bond motifs is 1. The molecule has 1 saturated carbocycles. The lowest BCUT2D eigenvalue weighted by Gasteiger charge is -2.17. The van der Waals surface area contributed by atoms with Gasteiger partial charge in [-0.2, -0.15) is 0 Å².